The summed E-state index contributed by atoms with van der Waals surface area (Å²) in [5.41, 5.74) is 7.29. The highest BCUT2D eigenvalue weighted by Gasteiger charge is 2.49. The molecule has 3 N–H and O–H groups in total. The molecule has 3 aliphatic rings. The average Bonchev–Trinajstić information content (AvgIpc) is 2.93. The van der Waals surface area contributed by atoms with Crippen LogP contribution in [0.5, 0.6) is 0 Å². The number of nitrogens with zero attached hydrogens (tertiary/aromatic N) is 1. The molecule has 3 heterocycles. The maximum Gasteiger partial charge on any atom is 0.243 e. The molecule has 1 aromatic carbocycles. The van der Waals surface area contributed by atoms with Crippen LogP contribution in [0.25, 0.3) is 10.9 Å². The first-order valence-electron chi connectivity index (χ1n) is 9.19. The zero-order valence-electron chi connectivity index (χ0n) is 15.4. The Balaban J connectivity index is 1.59. The van der Waals surface area contributed by atoms with Crippen molar-refractivity contribution in [3.05, 3.63) is 30.0 Å². The molecule has 5 rings (SSSR count). The summed E-state index contributed by atoms with van der Waals surface area (Å²) in [6, 6.07) is 7.60. The van der Waals surface area contributed by atoms with Crippen molar-refractivity contribution in [3.63, 3.8) is 0 Å². The molecule has 0 atom stereocenters. The van der Waals surface area contributed by atoms with E-state index < -0.39 is 10.0 Å². The summed E-state index contributed by atoms with van der Waals surface area (Å²) in [6.45, 7) is 3.45. The number of hydrogen-bond donors (Lipinski definition) is 2. The quantitative estimate of drug-likeness (QED) is 0.835. The molecule has 142 valence electrons. The third kappa shape index (κ3) is 2.69. The second-order valence-electron chi connectivity index (χ2n) is 7.99. The molecule has 0 spiro atoms. The third-order valence-corrected chi connectivity index (χ3v) is 8.11. The molecule has 0 amide bonds. The number of aryl methyl sites for hydroxylation is 1. The van der Waals surface area contributed by atoms with Gasteiger partial charge in [0.25, 0.3) is 0 Å². The van der Waals surface area contributed by atoms with Crippen LogP contribution < -0.4 is 10.5 Å². The molecule has 3 fully saturated rings. The Labute approximate surface area is 154 Å². The minimum absolute atomic E-state index is 0.104. The van der Waals surface area contributed by atoms with Crippen molar-refractivity contribution in [1.82, 2.24) is 9.29 Å². The zero-order valence-corrected chi connectivity index (χ0v) is 16.2. The number of hydrogen-bond acceptors (Lipinski definition) is 4. The molecule has 1 aromatic heterocycles. The largest absolute Gasteiger partial charge is 0.373 e. The summed E-state index contributed by atoms with van der Waals surface area (Å²) < 4.78 is 37.1. The van der Waals surface area contributed by atoms with Crippen LogP contribution in [0.1, 0.15) is 31.4 Å². The number of rotatable bonds is 5. The van der Waals surface area contributed by atoms with Gasteiger partial charge in [-0.25, -0.2) is 13.1 Å². The lowest BCUT2D eigenvalue weighted by Gasteiger charge is -2.52. The van der Waals surface area contributed by atoms with Gasteiger partial charge in [0, 0.05) is 42.1 Å². The molecule has 2 aromatic rings. The van der Waals surface area contributed by atoms with Crippen LogP contribution in [0.4, 0.5) is 0 Å². The Hall–Kier alpha value is -1.41. The van der Waals surface area contributed by atoms with Crippen LogP contribution in [0.3, 0.4) is 0 Å². The number of ether oxygens (including phenoxy) is 1. The summed E-state index contributed by atoms with van der Waals surface area (Å²) in [5.74, 6) is 0. The standard InChI is InChI=1S/C19H27N3O3S/c1-14-17(15-5-3-4-6-16(15)22(14)2)26(23,24)21-12-19-9-7-18(11-20,8-10-19)13-25-19/h3-6,21H,7-13,20H2,1-2H3. The number of sulfonamides is 1. The lowest BCUT2D eigenvalue weighted by molar-refractivity contribution is -0.175. The van der Waals surface area contributed by atoms with Gasteiger partial charge in [-0.3, -0.25) is 0 Å². The SMILES string of the molecule is Cc1c(S(=O)(=O)NCC23CCC(CN)(CC2)CO3)c2ccccc2n1C. The number of para-hydroxylation sites is 1. The van der Waals surface area contributed by atoms with Gasteiger partial charge in [-0.05, 0) is 38.7 Å². The van der Waals surface area contributed by atoms with E-state index in [1.165, 1.54) is 0 Å². The van der Waals surface area contributed by atoms with Crippen molar-refractivity contribution in [2.75, 3.05) is 19.7 Å². The van der Waals surface area contributed by atoms with Gasteiger partial charge in [-0.15, -0.1) is 0 Å². The van der Waals surface area contributed by atoms with Gasteiger partial charge < -0.3 is 15.0 Å². The topological polar surface area (TPSA) is 86.3 Å². The summed E-state index contributed by atoms with van der Waals surface area (Å²) in [4.78, 5) is 0.370. The highest BCUT2D eigenvalue weighted by Crippen LogP contribution is 2.48. The highest BCUT2D eigenvalue weighted by atomic mass is 32.2. The maximum absolute atomic E-state index is 13.1. The molecule has 7 heteroatoms. The minimum Gasteiger partial charge on any atom is -0.373 e. The number of nitrogens with one attached hydrogen (secondary N) is 1. The predicted octanol–water partition coefficient (Wildman–Crippen LogP) is 2.05. The van der Waals surface area contributed by atoms with Crippen molar-refractivity contribution in [2.24, 2.45) is 18.2 Å². The molecule has 2 saturated heterocycles. The molecular formula is C19H27N3O3S. The van der Waals surface area contributed by atoms with E-state index in [9.17, 15) is 8.42 Å². The van der Waals surface area contributed by atoms with Gasteiger partial charge in [0.1, 0.15) is 4.90 Å². The summed E-state index contributed by atoms with van der Waals surface area (Å²) in [7, 11) is -1.73. The molecule has 2 aliphatic heterocycles. The van der Waals surface area contributed by atoms with E-state index in [4.69, 9.17) is 10.5 Å². The van der Waals surface area contributed by atoms with E-state index in [-0.39, 0.29) is 11.0 Å². The third-order valence-electron chi connectivity index (χ3n) is 6.53. The van der Waals surface area contributed by atoms with Gasteiger partial charge in [0.2, 0.25) is 10.0 Å². The fraction of sp³-hybridized carbons (Fsp3) is 0.579. The van der Waals surface area contributed by atoms with E-state index >= 15 is 0 Å². The predicted molar refractivity (Wildman–Crippen MR) is 101 cm³/mol. The first-order valence-corrected chi connectivity index (χ1v) is 10.7. The zero-order chi connectivity index (χ0) is 18.6. The Morgan fingerprint density at radius 1 is 1.23 bits per heavy atom. The monoisotopic (exact) mass is 377 g/mol. The van der Waals surface area contributed by atoms with E-state index in [0.717, 1.165) is 42.3 Å². The number of benzene rings is 1. The van der Waals surface area contributed by atoms with E-state index in [2.05, 4.69) is 4.72 Å². The fourth-order valence-corrected chi connectivity index (χ4v) is 6.03. The van der Waals surface area contributed by atoms with E-state index in [1.54, 1.807) is 0 Å². The second kappa shape index (κ2) is 6.05. The van der Waals surface area contributed by atoms with Gasteiger partial charge in [-0.1, -0.05) is 18.2 Å². The van der Waals surface area contributed by atoms with Crippen molar-refractivity contribution in [3.8, 4) is 0 Å². The van der Waals surface area contributed by atoms with Crippen LogP contribution in [0, 0.1) is 12.3 Å². The molecule has 0 radical (unpaired) electrons. The van der Waals surface area contributed by atoms with E-state index in [1.807, 2.05) is 42.8 Å². The van der Waals surface area contributed by atoms with Gasteiger partial charge in [-0.2, -0.15) is 0 Å². The molecule has 1 aliphatic carbocycles. The number of fused-ring (bicyclic) bond motifs is 4. The van der Waals surface area contributed by atoms with Crippen LogP contribution in [0.15, 0.2) is 29.2 Å². The molecule has 2 bridgehead atoms. The summed E-state index contributed by atoms with van der Waals surface area (Å²) in [6.07, 6.45) is 3.75. The smallest absolute Gasteiger partial charge is 0.243 e. The van der Waals surface area contributed by atoms with Gasteiger partial charge in [0.05, 0.1) is 12.2 Å². The van der Waals surface area contributed by atoms with E-state index in [0.29, 0.717) is 24.6 Å². The Morgan fingerprint density at radius 2 is 1.92 bits per heavy atom. The van der Waals surface area contributed by atoms with Crippen LogP contribution in [-0.4, -0.2) is 38.3 Å². The summed E-state index contributed by atoms with van der Waals surface area (Å²) in [5, 5.41) is 0.757. The lowest BCUT2D eigenvalue weighted by Crippen LogP contribution is -2.58. The normalized spacial score (nSPS) is 28.7. The molecule has 0 unspecified atom stereocenters. The average molecular weight is 378 g/mol. The van der Waals surface area contributed by atoms with Crippen molar-refractivity contribution in [1.29, 1.82) is 0 Å². The van der Waals surface area contributed by atoms with Crippen molar-refractivity contribution < 1.29 is 13.2 Å². The number of nitrogens with two attached hydrogens (primary N) is 1. The van der Waals surface area contributed by atoms with Gasteiger partial charge in [0.15, 0.2) is 0 Å². The van der Waals surface area contributed by atoms with Crippen molar-refractivity contribution in [2.45, 2.75) is 43.1 Å². The Kier molecular flexibility index (Phi) is 4.19. The van der Waals surface area contributed by atoms with Crippen LogP contribution in [0.2, 0.25) is 0 Å². The Morgan fingerprint density at radius 3 is 2.54 bits per heavy atom. The van der Waals surface area contributed by atoms with Crippen molar-refractivity contribution >= 4 is 20.9 Å². The molecule has 1 saturated carbocycles. The Bertz CT molecular complexity index is 924. The lowest BCUT2D eigenvalue weighted by atomic mass is 9.66. The summed E-state index contributed by atoms with van der Waals surface area (Å²) >= 11 is 0. The first kappa shape index (κ1) is 18.0. The minimum atomic E-state index is -3.62. The second-order valence-corrected chi connectivity index (χ2v) is 9.69. The number of aromatic nitrogens is 1. The molecule has 6 nitrogen and oxygen atoms in total. The van der Waals surface area contributed by atoms with Crippen LogP contribution in [-0.2, 0) is 21.8 Å². The van der Waals surface area contributed by atoms with Gasteiger partial charge >= 0.3 is 0 Å². The highest BCUT2D eigenvalue weighted by molar-refractivity contribution is 7.89. The maximum atomic E-state index is 13.1. The van der Waals surface area contributed by atoms with Crippen LogP contribution >= 0.6 is 0 Å². The fourth-order valence-electron chi connectivity index (χ4n) is 4.45. The molecular weight excluding hydrogens is 350 g/mol. The molecule has 26 heavy (non-hydrogen) atoms. The first-order chi connectivity index (χ1) is 12.3.